The Labute approximate surface area is 143 Å². The van der Waals surface area contributed by atoms with E-state index in [-0.39, 0.29) is 18.0 Å². The van der Waals surface area contributed by atoms with Crippen molar-refractivity contribution in [1.29, 1.82) is 0 Å². The molecular formula is C22H24O2. The fourth-order valence-corrected chi connectivity index (χ4v) is 4.87. The molecule has 0 bridgehead atoms. The Hall–Kier alpha value is -2.09. The lowest BCUT2D eigenvalue weighted by atomic mass is 9.67. The third kappa shape index (κ3) is 2.45. The first kappa shape index (κ1) is 15.4. The molecule has 1 aromatic carbocycles. The Kier molecular flexibility index (Phi) is 3.91. The Morgan fingerprint density at radius 2 is 2.08 bits per heavy atom. The molecule has 1 saturated heterocycles. The van der Waals surface area contributed by atoms with E-state index in [0.29, 0.717) is 5.92 Å². The predicted octanol–water partition coefficient (Wildman–Crippen LogP) is 3.11. The summed E-state index contributed by atoms with van der Waals surface area (Å²) < 4.78 is 5.76. The summed E-state index contributed by atoms with van der Waals surface area (Å²) in [6.45, 7) is 3.92. The van der Waals surface area contributed by atoms with Crippen LogP contribution in [0.3, 0.4) is 0 Å². The third-order valence-electron chi connectivity index (χ3n) is 5.96. The monoisotopic (exact) mass is 320 g/mol. The Morgan fingerprint density at radius 1 is 1.25 bits per heavy atom. The van der Waals surface area contributed by atoms with Crippen molar-refractivity contribution in [3.63, 3.8) is 0 Å². The van der Waals surface area contributed by atoms with Gasteiger partial charge in [0, 0.05) is 5.92 Å². The number of allylic oxidation sites excluding steroid dienone is 3. The second-order valence-electron chi connectivity index (χ2n) is 7.35. The van der Waals surface area contributed by atoms with Gasteiger partial charge in [0.15, 0.2) is 0 Å². The Bertz CT molecular complexity index is 804. The van der Waals surface area contributed by atoms with Crippen molar-refractivity contribution in [3.8, 4) is 0 Å². The minimum atomic E-state index is -0.395. The van der Waals surface area contributed by atoms with E-state index in [9.17, 15) is 4.79 Å². The largest absolute Gasteiger partial charge is 0.462 e. The maximum atomic E-state index is 12.8. The average Bonchev–Trinajstić information content (AvgIpc) is 3.04. The summed E-state index contributed by atoms with van der Waals surface area (Å²) in [4.78, 5) is 12.8. The number of rotatable bonds is 4. The molecule has 4 unspecified atom stereocenters. The second kappa shape index (κ2) is 6.08. The first-order valence-corrected chi connectivity index (χ1v) is 9.00. The van der Waals surface area contributed by atoms with Crippen LogP contribution in [-0.4, -0.2) is 12.1 Å². The molecule has 3 aliphatic rings. The van der Waals surface area contributed by atoms with E-state index in [1.165, 1.54) is 16.9 Å². The number of carbonyl (C=O) groups is 1. The first-order valence-electron chi connectivity index (χ1n) is 9.00. The van der Waals surface area contributed by atoms with Crippen molar-refractivity contribution in [1.82, 2.24) is 0 Å². The van der Waals surface area contributed by atoms with Crippen molar-refractivity contribution < 1.29 is 9.53 Å². The van der Waals surface area contributed by atoms with Crippen LogP contribution >= 0.6 is 0 Å². The lowest BCUT2D eigenvalue weighted by Gasteiger charge is -2.31. The number of hydrogen-bond acceptors (Lipinski definition) is 2. The molecule has 24 heavy (non-hydrogen) atoms. The maximum Gasteiger partial charge on any atom is 0.313 e. The van der Waals surface area contributed by atoms with Gasteiger partial charge in [-0.2, -0.15) is 0 Å². The molecule has 2 aliphatic carbocycles. The van der Waals surface area contributed by atoms with Crippen LogP contribution in [-0.2, 0) is 9.53 Å². The molecule has 1 heterocycles. The highest BCUT2D eigenvalue weighted by Gasteiger charge is 2.57. The maximum absolute atomic E-state index is 12.8. The van der Waals surface area contributed by atoms with Gasteiger partial charge in [0.1, 0.15) is 6.10 Å². The van der Waals surface area contributed by atoms with E-state index in [4.69, 9.17) is 4.74 Å². The van der Waals surface area contributed by atoms with E-state index in [1.807, 2.05) is 6.08 Å². The molecule has 1 saturated carbocycles. The first-order chi connectivity index (χ1) is 11.7. The van der Waals surface area contributed by atoms with Gasteiger partial charge in [-0.15, -0.1) is 6.58 Å². The highest BCUT2D eigenvalue weighted by molar-refractivity contribution is 5.80. The van der Waals surface area contributed by atoms with E-state index in [1.54, 1.807) is 0 Å². The Morgan fingerprint density at radius 3 is 2.92 bits per heavy atom. The summed E-state index contributed by atoms with van der Waals surface area (Å²) in [6.07, 6.45) is 15.7. The number of esters is 1. The smallest absolute Gasteiger partial charge is 0.313 e. The van der Waals surface area contributed by atoms with Gasteiger partial charge in [-0.3, -0.25) is 4.79 Å². The van der Waals surface area contributed by atoms with Gasteiger partial charge < -0.3 is 4.74 Å². The van der Waals surface area contributed by atoms with Crippen LogP contribution < -0.4 is 10.4 Å². The number of benzene rings is 1. The van der Waals surface area contributed by atoms with Crippen LogP contribution in [0, 0.1) is 17.3 Å². The molecule has 124 valence electrons. The molecule has 0 N–H and O–H groups in total. The molecule has 0 aromatic heterocycles. The summed E-state index contributed by atoms with van der Waals surface area (Å²) in [7, 11) is 0. The number of carbonyl (C=O) groups excluding carboxylic acids is 1. The van der Waals surface area contributed by atoms with Crippen molar-refractivity contribution in [2.45, 2.75) is 38.2 Å². The van der Waals surface area contributed by atoms with Gasteiger partial charge in [-0.1, -0.05) is 54.6 Å². The SMILES string of the molecule is C=CCC1(CC2C=CC=c3ccccc3=C2)C(=O)OC2CCCC21. The molecular weight excluding hydrogens is 296 g/mol. The zero-order chi connectivity index (χ0) is 16.6. The van der Waals surface area contributed by atoms with Crippen LogP contribution in [0.5, 0.6) is 0 Å². The second-order valence-corrected chi connectivity index (χ2v) is 7.35. The highest BCUT2D eigenvalue weighted by atomic mass is 16.6. The summed E-state index contributed by atoms with van der Waals surface area (Å²) in [5.74, 6) is 0.601. The molecule has 1 aliphatic heterocycles. The highest BCUT2D eigenvalue weighted by Crippen LogP contribution is 2.53. The molecule has 4 rings (SSSR count). The van der Waals surface area contributed by atoms with Crippen LogP contribution in [0.1, 0.15) is 32.1 Å². The van der Waals surface area contributed by atoms with E-state index < -0.39 is 5.41 Å². The zero-order valence-electron chi connectivity index (χ0n) is 14.0. The number of ether oxygens (including phenoxy) is 1. The van der Waals surface area contributed by atoms with Gasteiger partial charge in [-0.25, -0.2) is 0 Å². The van der Waals surface area contributed by atoms with Crippen molar-refractivity contribution in [2.24, 2.45) is 17.3 Å². The summed E-state index contributed by atoms with van der Waals surface area (Å²) in [5, 5.41) is 2.48. The summed E-state index contributed by atoms with van der Waals surface area (Å²) >= 11 is 0. The van der Waals surface area contributed by atoms with Crippen LogP contribution in [0.15, 0.2) is 49.1 Å². The molecule has 1 aromatic rings. The van der Waals surface area contributed by atoms with Gasteiger partial charge in [0.25, 0.3) is 0 Å². The number of hydrogen-bond donors (Lipinski definition) is 0. The molecule has 0 radical (unpaired) electrons. The van der Waals surface area contributed by atoms with Crippen molar-refractivity contribution in [3.05, 3.63) is 59.5 Å². The lowest BCUT2D eigenvalue weighted by molar-refractivity contribution is -0.149. The molecule has 0 amide bonds. The molecule has 2 heteroatoms. The van der Waals surface area contributed by atoms with E-state index in [0.717, 1.165) is 25.7 Å². The third-order valence-corrected chi connectivity index (χ3v) is 5.96. The van der Waals surface area contributed by atoms with E-state index >= 15 is 0 Å². The molecule has 0 spiro atoms. The summed E-state index contributed by atoms with van der Waals surface area (Å²) in [6, 6.07) is 8.42. The standard InChI is InChI=1S/C22H24O2/c1-2-13-22(19-11-6-12-20(19)24-21(22)23)15-16-7-5-10-17-8-3-4-9-18(17)14-16/h2-5,7-10,14,16,19-20H,1,6,11-13,15H2. The van der Waals surface area contributed by atoms with Crippen molar-refractivity contribution in [2.75, 3.05) is 0 Å². The van der Waals surface area contributed by atoms with Crippen LogP contribution in [0.25, 0.3) is 12.2 Å². The summed E-state index contributed by atoms with van der Waals surface area (Å²) in [5.41, 5.74) is -0.395. The van der Waals surface area contributed by atoms with Crippen LogP contribution in [0.4, 0.5) is 0 Å². The van der Waals surface area contributed by atoms with Crippen molar-refractivity contribution >= 4 is 18.1 Å². The van der Waals surface area contributed by atoms with Crippen LogP contribution in [0.2, 0.25) is 0 Å². The van der Waals surface area contributed by atoms with Gasteiger partial charge in [0.2, 0.25) is 0 Å². The van der Waals surface area contributed by atoms with Gasteiger partial charge in [-0.05, 0) is 48.5 Å². The predicted molar refractivity (Wildman–Crippen MR) is 96.3 cm³/mol. The topological polar surface area (TPSA) is 26.3 Å². The average molecular weight is 320 g/mol. The fourth-order valence-electron chi connectivity index (χ4n) is 4.87. The molecule has 2 nitrogen and oxygen atoms in total. The quantitative estimate of drug-likeness (QED) is 0.629. The van der Waals surface area contributed by atoms with E-state index in [2.05, 4.69) is 55.1 Å². The normalized spacial score (nSPS) is 33.7. The minimum Gasteiger partial charge on any atom is -0.462 e. The van der Waals surface area contributed by atoms with Gasteiger partial charge >= 0.3 is 5.97 Å². The zero-order valence-corrected chi connectivity index (χ0v) is 14.0. The molecule has 2 fully saturated rings. The van der Waals surface area contributed by atoms with Gasteiger partial charge in [0.05, 0.1) is 5.41 Å². The fraction of sp³-hybridized carbons (Fsp3) is 0.409. The minimum absolute atomic E-state index is 0.000381. The Balaban J connectivity index is 1.70. The molecule has 4 atom stereocenters. The lowest BCUT2D eigenvalue weighted by Crippen LogP contribution is -2.35. The number of fused-ring (bicyclic) bond motifs is 2.